The molecule has 1 rings (SSSR count). The molecule has 0 fully saturated rings. The van der Waals surface area contributed by atoms with Crippen LogP contribution in [0.4, 0.5) is 0 Å². The number of amides is 1. The van der Waals surface area contributed by atoms with Gasteiger partial charge in [-0.3, -0.25) is 4.79 Å². The zero-order valence-electron chi connectivity index (χ0n) is 11.9. The van der Waals surface area contributed by atoms with Crippen molar-refractivity contribution in [2.24, 2.45) is 0 Å². The summed E-state index contributed by atoms with van der Waals surface area (Å²) in [6, 6.07) is 6.47. The van der Waals surface area contributed by atoms with Gasteiger partial charge in [-0.05, 0) is 31.0 Å². The van der Waals surface area contributed by atoms with Crippen LogP contribution in [0.15, 0.2) is 41.8 Å². The van der Waals surface area contributed by atoms with Crippen molar-refractivity contribution < 1.29 is 19.4 Å². The number of carboxylic acid groups (broad SMARTS) is 1. The molecule has 0 heterocycles. The van der Waals surface area contributed by atoms with E-state index in [4.69, 9.17) is 9.84 Å². The monoisotopic (exact) mass is 309 g/mol. The number of carboxylic acids is 1. The number of allylic oxidation sites excluding steroid dienone is 1. The summed E-state index contributed by atoms with van der Waals surface area (Å²) in [5.74, 6) is -0.462. The van der Waals surface area contributed by atoms with E-state index in [9.17, 15) is 9.59 Å². The van der Waals surface area contributed by atoms with Crippen LogP contribution in [0.5, 0.6) is 5.75 Å². The van der Waals surface area contributed by atoms with Crippen molar-refractivity contribution >= 4 is 23.6 Å². The van der Waals surface area contributed by atoms with Crippen LogP contribution >= 0.6 is 11.8 Å². The maximum atomic E-state index is 11.8. The largest absolute Gasteiger partial charge is 0.497 e. The number of benzene rings is 1. The molecule has 1 aromatic carbocycles. The number of ether oxygens (including phenoxy) is 1. The fraction of sp³-hybridized carbons (Fsp3) is 0.333. The Morgan fingerprint density at radius 2 is 2.29 bits per heavy atom. The Morgan fingerprint density at radius 1 is 1.52 bits per heavy atom. The number of nitrogens with one attached hydrogen (secondary N) is 1. The van der Waals surface area contributed by atoms with E-state index in [0.717, 1.165) is 10.6 Å². The molecule has 6 heteroatoms. The van der Waals surface area contributed by atoms with Gasteiger partial charge in [-0.1, -0.05) is 12.1 Å². The molecule has 0 aromatic heterocycles. The van der Waals surface area contributed by atoms with Gasteiger partial charge in [0.25, 0.3) is 0 Å². The highest BCUT2D eigenvalue weighted by Crippen LogP contribution is 2.22. The van der Waals surface area contributed by atoms with Crippen molar-refractivity contribution in [2.75, 3.05) is 12.9 Å². The van der Waals surface area contributed by atoms with Crippen molar-refractivity contribution in [3.8, 4) is 5.75 Å². The third-order valence-corrected chi connectivity index (χ3v) is 3.70. The van der Waals surface area contributed by atoms with Gasteiger partial charge >= 0.3 is 5.97 Å². The fourth-order valence-corrected chi connectivity index (χ4v) is 2.37. The zero-order chi connectivity index (χ0) is 15.7. The molecule has 0 bridgehead atoms. The van der Waals surface area contributed by atoms with Crippen molar-refractivity contribution in [2.45, 2.75) is 23.8 Å². The van der Waals surface area contributed by atoms with Crippen LogP contribution in [0, 0.1) is 0 Å². The molecule has 114 valence electrons. The Labute approximate surface area is 128 Å². The van der Waals surface area contributed by atoms with E-state index < -0.39 is 12.0 Å². The van der Waals surface area contributed by atoms with Crippen molar-refractivity contribution in [3.05, 3.63) is 36.9 Å². The molecule has 0 aliphatic carbocycles. The van der Waals surface area contributed by atoms with E-state index in [1.54, 1.807) is 13.2 Å². The average Bonchev–Trinajstić information content (AvgIpc) is 2.49. The van der Waals surface area contributed by atoms with Crippen LogP contribution in [0.2, 0.25) is 0 Å². The minimum atomic E-state index is -1.03. The minimum absolute atomic E-state index is 0.158. The average molecular weight is 309 g/mol. The standard InChI is InChI=1S/C15H19NO4S/c1-3-4-8-13(15(18)19)16-14(17)10-21-12-7-5-6-11(9-12)20-2/h3,5-7,9,13H,1,4,8,10H2,2H3,(H,16,17)(H,18,19). The first-order valence-corrected chi connectivity index (χ1v) is 7.45. The van der Waals surface area contributed by atoms with Gasteiger partial charge in [0.1, 0.15) is 11.8 Å². The van der Waals surface area contributed by atoms with Gasteiger partial charge in [0.05, 0.1) is 12.9 Å². The molecular weight excluding hydrogens is 290 g/mol. The fourth-order valence-electron chi connectivity index (χ4n) is 1.62. The van der Waals surface area contributed by atoms with Crippen LogP contribution in [0.1, 0.15) is 12.8 Å². The van der Waals surface area contributed by atoms with Crippen LogP contribution in [-0.2, 0) is 9.59 Å². The zero-order valence-corrected chi connectivity index (χ0v) is 12.7. The third-order valence-electron chi connectivity index (χ3n) is 2.70. The Hall–Kier alpha value is -1.95. The molecule has 1 atom stereocenters. The van der Waals surface area contributed by atoms with Crippen molar-refractivity contribution in [1.82, 2.24) is 5.32 Å². The summed E-state index contributed by atoms with van der Waals surface area (Å²) in [4.78, 5) is 23.7. The first-order valence-electron chi connectivity index (χ1n) is 6.46. The summed E-state index contributed by atoms with van der Waals surface area (Å²) < 4.78 is 5.10. The first-order chi connectivity index (χ1) is 10.1. The molecule has 0 saturated heterocycles. The Bertz CT molecular complexity index is 504. The molecule has 0 aliphatic rings. The number of methoxy groups -OCH3 is 1. The van der Waals surface area contributed by atoms with Crippen molar-refractivity contribution in [3.63, 3.8) is 0 Å². The molecule has 0 saturated carbocycles. The van der Waals surface area contributed by atoms with Gasteiger partial charge in [-0.15, -0.1) is 18.3 Å². The molecule has 0 radical (unpaired) electrons. The number of aliphatic carboxylic acids is 1. The summed E-state index contributed by atoms with van der Waals surface area (Å²) in [6.07, 6.45) is 2.52. The molecule has 5 nitrogen and oxygen atoms in total. The molecule has 0 aliphatic heterocycles. The maximum absolute atomic E-state index is 11.8. The van der Waals surface area contributed by atoms with Gasteiger partial charge in [0, 0.05) is 4.90 Å². The van der Waals surface area contributed by atoms with Gasteiger partial charge in [-0.25, -0.2) is 4.79 Å². The lowest BCUT2D eigenvalue weighted by Gasteiger charge is -2.13. The van der Waals surface area contributed by atoms with Crippen LogP contribution in [-0.4, -0.2) is 35.9 Å². The predicted octanol–water partition coefficient (Wildman–Crippen LogP) is 2.32. The maximum Gasteiger partial charge on any atom is 0.326 e. The summed E-state index contributed by atoms with van der Waals surface area (Å²) in [5.41, 5.74) is 0. The Morgan fingerprint density at radius 3 is 2.90 bits per heavy atom. The summed E-state index contributed by atoms with van der Waals surface area (Å²) in [5, 5.41) is 11.5. The molecule has 1 unspecified atom stereocenters. The highest BCUT2D eigenvalue weighted by molar-refractivity contribution is 8.00. The number of rotatable bonds is 9. The van der Waals surface area contributed by atoms with E-state index in [0.29, 0.717) is 12.8 Å². The third kappa shape index (κ3) is 6.35. The summed E-state index contributed by atoms with van der Waals surface area (Å²) in [6.45, 7) is 3.54. The SMILES string of the molecule is C=CCCC(NC(=O)CSc1cccc(OC)c1)C(=O)O. The lowest BCUT2D eigenvalue weighted by Crippen LogP contribution is -2.41. The van der Waals surface area contributed by atoms with Crippen LogP contribution < -0.4 is 10.1 Å². The quantitative estimate of drug-likeness (QED) is 0.541. The number of hydrogen-bond acceptors (Lipinski definition) is 4. The molecule has 1 amide bonds. The van der Waals surface area contributed by atoms with E-state index >= 15 is 0 Å². The molecule has 1 aromatic rings. The lowest BCUT2D eigenvalue weighted by atomic mass is 10.1. The first kappa shape index (κ1) is 17.1. The number of carbonyl (C=O) groups is 2. The van der Waals surface area contributed by atoms with Gasteiger partial charge < -0.3 is 15.2 Å². The van der Waals surface area contributed by atoms with Gasteiger partial charge in [0.15, 0.2) is 0 Å². The van der Waals surface area contributed by atoms with E-state index in [2.05, 4.69) is 11.9 Å². The number of carbonyl (C=O) groups excluding carboxylic acids is 1. The summed E-state index contributed by atoms with van der Waals surface area (Å²) in [7, 11) is 1.58. The number of thioether (sulfide) groups is 1. The lowest BCUT2D eigenvalue weighted by molar-refractivity contribution is -0.141. The highest BCUT2D eigenvalue weighted by atomic mass is 32.2. The smallest absolute Gasteiger partial charge is 0.326 e. The topological polar surface area (TPSA) is 75.6 Å². The second kappa shape index (κ2) is 9.07. The van der Waals surface area contributed by atoms with Gasteiger partial charge in [-0.2, -0.15) is 0 Å². The normalized spacial score (nSPS) is 11.5. The van der Waals surface area contributed by atoms with Crippen molar-refractivity contribution in [1.29, 1.82) is 0 Å². The second-order valence-corrected chi connectivity index (χ2v) is 5.34. The molecular formula is C15H19NO4S. The van der Waals surface area contributed by atoms with E-state index in [-0.39, 0.29) is 11.7 Å². The van der Waals surface area contributed by atoms with E-state index in [1.807, 2.05) is 24.3 Å². The summed E-state index contributed by atoms with van der Waals surface area (Å²) >= 11 is 1.33. The molecule has 2 N–H and O–H groups in total. The van der Waals surface area contributed by atoms with Crippen LogP contribution in [0.3, 0.4) is 0 Å². The Kier molecular flexibility index (Phi) is 7.39. The Balaban J connectivity index is 2.48. The van der Waals surface area contributed by atoms with Crippen LogP contribution in [0.25, 0.3) is 0 Å². The minimum Gasteiger partial charge on any atom is -0.497 e. The highest BCUT2D eigenvalue weighted by Gasteiger charge is 2.18. The predicted molar refractivity (Wildman–Crippen MR) is 82.7 cm³/mol. The van der Waals surface area contributed by atoms with E-state index in [1.165, 1.54) is 11.8 Å². The second-order valence-electron chi connectivity index (χ2n) is 4.29. The number of hydrogen-bond donors (Lipinski definition) is 2. The van der Waals surface area contributed by atoms with Gasteiger partial charge in [0.2, 0.25) is 5.91 Å². The molecule has 21 heavy (non-hydrogen) atoms. The molecule has 0 spiro atoms.